The van der Waals surface area contributed by atoms with E-state index in [1.54, 1.807) is 34.7 Å². The van der Waals surface area contributed by atoms with Crippen LogP contribution in [0.4, 0.5) is 0 Å². The normalized spacial score (nSPS) is 15.3. The summed E-state index contributed by atoms with van der Waals surface area (Å²) in [7, 11) is 2.24. The Balaban J connectivity index is 0.000000140. The van der Waals surface area contributed by atoms with Gasteiger partial charge in [0.1, 0.15) is 0 Å². The molecule has 0 fully saturated rings. The monoisotopic (exact) mass is 410 g/mol. The molecule has 0 aliphatic carbocycles. The molecule has 4 nitrogen and oxygen atoms in total. The number of pyridine rings is 2. The van der Waals surface area contributed by atoms with E-state index in [0.29, 0.717) is 0 Å². The standard InChI is InChI=1S/C16H20N2.C11H10N2/c1-11-8-12-4-3-6-18-15-5-7-17(2)10-14(15)13(9-11)16(12)18;1-9-2-3-11(8-13-9)10-4-6-12-7-5-10/h8-9H,3-7,10H2,1-2H3;2-8H,1H3. The Labute approximate surface area is 184 Å². The van der Waals surface area contributed by atoms with Crippen molar-refractivity contribution in [2.45, 2.75) is 46.2 Å². The lowest BCUT2D eigenvalue weighted by molar-refractivity contribution is 0.309. The Kier molecular flexibility index (Phi) is 5.33. The van der Waals surface area contributed by atoms with Gasteiger partial charge in [0.2, 0.25) is 0 Å². The van der Waals surface area contributed by atoms with Crippen molar-refractivity contribution in [2.24, 2.45) is 0 Å². The van der Waals surface area contributed by atoms with Crippen LogP contribution in [0, 0.1) is 13.8 Å². The van der Waals surface area contributed by atoms with E-state index in [4.69, 9.17) is 0 Å². The van der Waals surface area contributed by atoms with Gasteiger partial charge in [-0.3, -0.25) is 9.97 Å². The maximum atomic E-state index is 4.24. The van der Waals surface area contributed by atoms with Crippen molar-refractivity contribution in [3.63, 3.8) is 0 Å². The van der Waals surface area contributed by atoms with Crippen molar-refractivity contribution in [3.8, 4) is 11.1 Å². The number of aromatic nitrogens is 3. The van der Waals surface area contributed by atoms with E-state index in [0.717, 1.165) is 23.4 Å². The molecule has 3 aromatic heterocycles. The SMILES string of the molecule is Cc1cc2c3c(c1)c1c(n3CCC2)CCN(C)C1.Cc1ccc(-c2ccncc2)cn1. The number of nitrogens with zero attached hydrogens (tertiary/aromatic N) is 4. The molecular formula is C27H30N4. The summed E-state index contributed by atoms with van der Waals surface area (Å²) in [5.41, 5.74) is 11.1. The molecule has 0 saturated carbocycles. The third-order valence-electron chi connectivity index (χ3n) is 6.51. The highest BCUT2D eigenvalue weighted by molar-refractivity contribution is 5.89. The second kappa shape index (κ2) is 8.27. The van der Waals surface area contributed by atoms with Gasteiger partial charge in [-0.2, -0.15) is 0 Å². The van der Waals surface area contributed by atoms with Gasteiger partial charge in [0.05, 0.1) is 5.52 Å². The number of fused-ring (bicyclic) bond motifs is 3. The van der Waals surface area contributed by atoms with Gasteiger partial charge in [-0.15, -0.1) is 0 Å². The van der Waals surface area contributed by atoms with Crippen LogP contribution in [0.25, 0.3) is 22.0 Å². The first-order chi connectivity index (χ1) is 15.1. The molecule has 0 spiro atoms. The minimum Gasteiger partial charge on any atom is -0.344 e. The molecule has 31 heavy (non-hydrogen) atoms. The molecule has 5 heterocycles. The number of rotatable bonds is 1. The first-order valence-corrected chi connectivity index (χ1v) is 11.3. The lowest BCUT2D eigenvalue weighted by Gasteiger charge is -2.24. The molecule has 0 atom stereocenters. The number of likely N-dealkylation sites (N-methyl/N-ethyl adjacent to an activating group) is 1. The van der Waals surface area contributed by atoms with Crippen molar-refractivity contribution >= 4 is 10.9 Å². The first-order valence-electron chi connectivity index (χ1n) is 11.3. The van der Waals surface area contributed by atoms with Crippen LogP contribution >= 0.6 is 0 Å². The number of hydrogen-bond donors (Lipinski definition) is 0. The van der Waals surface area contributed by atoms with Gasteiger partial charge in [-0.25, -0.2) is 0 Å². The molecule has 4 aromatic rings. The summed E-state index contributed by atoms with van der Waals surface area (Å²) in [6, 6.07) is 12.8. The molecule has 0 N–H and O–H groups in total. The molecule has 0 unspecified atom stereocenters. The zero-order valence-corrected chi connectivity index (χ0v) is 18.7. The number of hydrogen-bond acceptors (Lipinski definition) is 3. The van der Waals surface area contributed by atoms with Crippen LogP contribution in [0.15, 0.2) is 55.0 Å². The zero-order chi connectivity index (χ0) is 21.4. The van der Waals surface area contributed by atoms with Gasteiger partial charge in [-0.05, 0) is 74.7 Å². The Morgan fingerprint density at radius 3 is 2.52 bits per heavy atom. The zero-order valence-electron chi connectivity index (χ0n) is 18.7. The minimum atomic E-state index is 1.04. The van der Waals surface area contributed by atoms with Crippen LogP contribution in [-0.2, 0) is 25.9 Å². The molecular weight excluding hydrogens is 380 g/mol. The number of aryl methyl sites for hydroxylation is 4. The lowest BCUT2D eigenvalue weighted by atomic mass is 9.99. The van der Waals surface area contributed by atoms with E-state index in [9.17, 15) is 0 Å². The van der Waals surface area contributed by atoms with Crippen molar-refractivity contribution in [1.29, 1.82) is 0 Å². The molecule has 0 radical (unpaired) electrons. The van der Waals surface area contributed by atoms with Gasteiger partial charge < -0.3 is 9.47 Å². The highest BCUT2D eigenvalue weighted by Gasteiger charge is 2.25. The van der Waals surface area contributed by atoms with Gasteiger partial charge in [0.25, 0.3) is 0 Å². The highest BCUT2D eigenvalue weighted by atomic mass is 15.1. The summed E-state index contributed by atoms with van der Waals surface area (Å²) in [6.07, 6.45) is 9.24. The molecule has 4 heteroatoms. The third-order valence-corrected chi connectivity index (χ3v) is 6.51. The summed E-state index contributed by atoms with van der Waals surface area (Å²) in [5.74, 6) is 0. The average Bonchev–Trinajstić information content (AvgIpc) is 3.09. The predicted molar refractivity (Wildman–Crippen MR) is 127 cm³/mol. The van der Waals surface area contributed by atoms with Crippen LogP contribution in [0.5, 0.6) is 0 Å². The Morgan fingerprint density at radius 2 is 1.74 bits per heavy atom. The summed E-state index contributed by atoms with van der Waals surface area (Å²) in [4.78, 5) is 10.7. The maximum Gasteiger partial charge on any atom is 0.0518 e. The van der Waals surface area contributed by atoms with E-state index in [2.05, 4.69) is 51.6 Å². The smallest absolute Gasteiger partial charge is 0.0518 e. The van der Waals surface area contributed by atoms with Gasteiger partial charge in [-0.1, -0.05) is 17.7 Å². The van der Waals surface area contributed by atoms with E-state index < -0.39 is 0 Å². The molecule has 0 saturated heterocycles. The fourth-order valence-electron chi connectivity index (χ4n) is 5.01. The Bertz CT molecular complexity index is 1210. The van der Waals surface area contributed by atoms with E-state index in [1.807, 2.05) is 31.3 Å². The Hall–Kier alpha value is -2.98. The van der Waals surface area contributed by atoms with Crippen molar-refractivity contribution < 1.29 is 0 Å². The van der Waals surface area contributed by atoms with Crippen molar-refractivity contribution in [2.75, 3.05) is 13.6 Å². The van der Waals surface area contributed by atoms with Crippen LogP contribution < -0.4 is 0 Å². The van der Waals surface area contributed by atoms with Crippen LogP contribution in [0.1, 0.15) is 34.5 Å². The lowest BCUT2D eigenvalue weighted by Crippen LogP contribution is -2.27. The fourth-order valence-corrected chi connectivity index (χ4v) is 5.01. The van der Waals surface area contributed by atoms with Crippen molar-refractivity contribution in [1.82, 2.24) is 19.4 Å². The predicted octanol–water partition coefficient (Wildman–Crippen LogP) is 5.34. The first kappa shape index (κ1) is 20.0. The molecule has 2 aliphatic heterocycles. The molecule has 0 bridgehead atoms. The molecule has 158 valence electrons. The summed E-state index contributed by atoms with van der Waals surface area (Å²) >= 11 is 0. The minimum absolute atomic E-state index is 1.04. The quantitative estimate of drug-likeness (QED) is 0.425. The van der Waals surface area contributed by atoms with E-state index in [1.165, 1.54) is 43.3 Å². The summed E-state index contributed by atoms with van der Waals surface area (Å²) < 4.78 is 2.62. The molecule has 1 aromatic carbocycles. The van der Waals surface area contributed by atoms with Crippen molar-refractivity contribution in [3.05, 3.63) is 83.1 Å². The largest absolute Gasteiger partial charge is 0.344 e. The average molecular weight is 411 g/mol. The fraction of sp³-hybridized carbons (Fsp3) is 0.333. The molecule has 0 amide bonds. The topological polar surface area (TPSA) is 34.0 Å². The molecule has 6 rings (SSSR count). The van der Waals surface area contributed by atoms with Gasteiger partial charge >= 0.3 is 0 Å². The van der Waals surface area contributed by atoms with E-state index in [-0.39, 0.29) is 0 Å². The van der Waals surface area contributed by atoms with Gasteiger partial charge in [0.15, 0.2) is 0 Å². The Morgan fingerprint density at radius 1 is 0.903 bits per heavy atom. The second-order valence-corrected chi connectivity index (χ2v) is 8.91. The number of benzene rings is 1. The second-order valence-electron chi connectivity index (χ2n) is 8.91. The van der Waals surface area contributed by atoms with Gasteiger partial charge in [0, 0.05) is 67.0 Å². The maximum absolute atomic E-state index is 4.24. The molecule has 2 aliphatic rings. The van der Waals surface area contributed by atoms with Crippen LogP contribution in [0.3, 0.4) is 0 Å². The highest BCUT2D eigenvalue weighted by Crippen LogP contribution is 2.36. The summed E-state index contributed by atoms with van der Waals surface area (Å²) in [5, 5.41) is 1.53. The third kappa shape index (κ3) is 3.88. The summed E-state index contributed by atoms with van der Waals surface area (Å²) in [6.45, 7) is 7.78. The van der Waals surface area contributed by atoms with Crippen LogP contribution in [-0.4, -0.2) is 33.0 Å². The van der Waals surface area contributed by atoms with Crippen LogP contribution in [0.2, 0.25) is 0 Å². The van der Waals surface area contributed by atoms with E-state index >= 15 is 0 Å².